The van der Waals surface area contributed by atoms with Gasteiger partial charge in [-0.2, -0.15) is 5.10 Å². The van der Waals surface area contributed by atoms with Crippen LogP contribution in [0.3, 0.4) is 0 Å². The number of anilines is 1. The second kappa shape index (κ2) is 10.7. The summed E-state index contributed by atoms with van der Waals surface area (Å²) in [5.74, 6) is 0.277. The van der Waals surface area contributed by atoms with Crippen molar-refractivity contribution < 1.29 is 9.59 Å². The van der Waals surface area contributed by atoms with Crippen LogP contribution in [0.5, 0.6) is 0 Å². The van der Waals surface area contributed by atoms with E-state index in [0.717, 1.165) is 22.4 Å². The third kappa shape index (κ3) is 5.72. The van der Waals surface area contributed by atoms with E-state index in [1.165, 1.54) is 0 Å². The summed E-state index contributed by atoms with van der Waals surface area (Å²) in [5, 5.41) is 7.90. The molecular weight excluding hydrogens is 450 g/mol. The van der Waals surface area contributed by atoms with Crippen molar-refractivity contribution >= 4 is 35.3 Å². The van der Waals surface area contributed by atoms with Crippen molar-refractivity contribution in [1.82, 2.24) is 19.7 Å². The van der Waals surface area contributed by atoms with Gasteiger partial charge in [0.05, 0.1) is 12.2 Å². The minimum absolute atomic E-state index is 0.0489. The smallest absolute Gasteiger partial charge is 0.246 e. The summed E-state index contributed by atoms with van der Waals surface area (Å²) in [4.78, 5) is 31.3. The van der Waals surface area contributed by atoms with Gasteiger partial charge in [-0.25, -0.2) is 9.67 Å². The number of amides is 2. The first-order valence-electron chi connectivity index (χ1n) is 11.4. The lowest BCUT2D eigenvalue weighted by Crippen LogP contribution is -2.40. The van der Waals surface area contributed by atoms with Crippen LogP contribution in [0.4, 0.5) is 5.82 Å². The van der Waals surface area contributed by atoms with E-state index in [2.05, 4.69) is 15.4 Å². The van der Waals surface area contributed by atoms with E-state index in [0.29, 0.717) is 43.4 Å². The van der Waals surface area contributed by atoms with Gasteiger partial charge in [0, 0.05) is 36.8 Å². The Kier molecular flexibility index (Phi) is 7.43. The fraction of sp³-hybridized carbons (Fsp3) is 0.308. The van der Waals surface area contributed by atoms with E-state index < -0.39 is 0 Å². The number of nitrogens with zero attached hydrogens (tertiary/aromatic N) is 4. The van der Waals surface area contributed by atoms with Crippen LogP contribution in [-0.2, 0) is 16.1 Å². The average Bonchev–Trinajstić information content (AvgIpc) is 3.11. The molecule has 1 aliphatic rings. The number of carbonyl (C=O) groups excluding carboxylic acids is 2. The number of piperidine rings is 1. The van der Waals surface area contributed by atoms with Crippen LogP contribution in [0.2, 0.25) is 5.15 Å². The maximum Gasteiger partial charge on any atom is 0.246 e. The molecule has 0 spiro atoms. The topological polar surface area (TPSA) is 80.1 Å². The molecule has 3 aromatic rings. The predicted molar refractivity (Wildman–Crippen MR) is 133 cm³/mol. The lowest BCUT2D eigenvalue weighted by molar-refractivity contribution is -0.130. The minimum Gasteiger partial charge on any atom is -0.339 e. The third-order valence-corrected chi connectivity index (χ3v) is 6.42. The Labute approximate surface area is 204 Å². The summed E-state index contributed by atoms with van der Waals surface area (Å²) < 4.78 is 1.74. The summed E-state index contributed by atoms with van der Waals surface area (Å²) in [6, 6.07) is 13.7. The SMILES string of the molecule is Cc1ccc(NC(=O)C2CCN(C(=O)/C=C/c3c(C)nn(Cc4ccccc4)c3Cl)CC2)nc1. The molecule has 1 fully saturated rings. The number of benzene rings is 1. The van der Waals surface area contributed by atoms with E-state index in [9.17, 15) is 9.59 Å². The van der Waals surface area contributed by atoms with E-state index in [4.69, 9.17) is 11.6 Å². The number of likely N-dealkylation sites (tertiary alicyclic amines) is 1. The molecule has 0 bridgehead atoms. The molecule has 1 aromatic carbocycles. The normalized spacial score (nSPS) is 14.5. The van der Waals surface area contributed by atoms with Crippen molar-refractivity contribution in [2.24, 2.45) is 5.92 Å². The first-order chi connectivity index (χ1) is 16.4. The number of hydrogen-bond donors (Lipinski definition) is 1. The van der Waals surface area contributed by atoms with Gasteiger partial charge in [0.25, 0.3) is 0 Å². The zero-order valence-electron chi connectivity index (χ0n) is 19.4. The standard InChI is InChI=1S/C26H28ClN5O2/c1-18-8-10-23(28-16-18)29-26(34)21-12-14-31(15-13-21)24(33)11-9-22-19(2)30-32(25(22)27)17-20-6-4-3-5-7-20/h3-11,16,21H,12-15,17H2,1-2H3,(H,28,29,34)/b11-9+. The number of hydrogen-bond acceptors (Lipinski definition) is 4. The van der Waals surface area contributed by atoms with Crippen LogP contribution in [-0.4, -0.2) is 44.6 Å². The van der Waals surface area contributed by atoms with Crippen molar-refractivity contribution in [3.05, 3.63) is 82.3 Å². The minimum atomic E-state index is -0.135. The van der Waals surface area contributed by atoms with Gasteiger partial charge in [-0.1, -0.05) is 48.0 Å². The van der Waals surface area contributed by atoms with Gasteiger partial charge in [-0.05, 0) is 50.0 Å². The largest absolute Gasteiger partial charge is 0.339 e. The monoisotopic (exact) mass is 477 g/mol. The highest BCUT2D eigenvalue weighted by molar-refractivity contribution is 6.31. The van der Waals surface area contributed by atoms with Crippen LogP contribution in [0, 0.1) is 19.8 Å². The summed E-state index contributed by atoms with van der Waals surface area (Å²) >= 11 is 6.55. The molecule has 34 heavy (non-hydrogen) atoms. The maximum atomic E-state index is 12.7. The third-order valence-electron chi connectivity index (χ3n) is 6.02. The Balaban J connectivity index is 1.32. The molecule has 0 unspecified atom stereocenters. The van der Waals surface area contributed by atoms with Crippen LogP contribution < -0.4 is 5.32 Å². The molecule has 0 saturated carbocycles. The van der Waals surface area contributed by atoms with Crippen molar-refractivity contribution in [3.8, 4) is 0 Å². The van der Waals surface area contributed by atoms with Gasteiger partial charge >= 0.3 is 0 Å². The molecule has 1 aliphatic heterocycles. The number of carbonyl (C=O) groups is 2. The van der Waals surface area contributed by atoms with E-state index in [1.54, 1.807) is 34.0 Å². The summed E-state index contributed by atoms with van der Waals surface area (Å²) in [6.07, 6.45) is 6.23. The number of halogens is 1. The highest BCUT2D eigenvalue weighted by atomic mass is 35.5. The quantitative estimate of drug-likeness (QED) is 0.530. The van der Waals surface area contributed by atoms with Crippen molar-refractivity contribution in [2.75, 3.05) is 18.4 Å². The number of nitrogens with one attached hydrogen (secondary N) is 1. The molecule has 2 amide bonds. The Morgan fingerprint density at radius 1 is 1.12 bits per heavy atom. The fourth-order valence-electron chi connectivity index (χ4n) is 4.01. The van der Waals surface area contributed by atoms with Crippen LogP contribution in [0.1, 0.15) is 35.2 Å². The second-order valence-electron chi connectivity index (χ2n) is 8.58. The zero-order valence-corrected chi connectivity index (χ0v) is 20.1. The second-order valence-corrected chi connectivity index (χ2v) is 8.93. The van der Waals surface area contributed by atoms with Gasteiger partial charge < -0.3 is 10.2 Å². The molecule has 176 valence electrons. The number of aryl methyl sites for hydroxylation is 2. The zero-order chi connectivity index (χ0) is 24.1. The van der Waals surface area contributed by atoms with Crippen LogP contribution in [0.25, 0.3) is 6.08 Å². The van der Waals surface area contributed by atoms with Gasteiger partial charge in [-0.15, -0.1) is 0 Å². The molecule has 7 nitrogen and oxygen atoms in total. The molecule has 1 N–H and O–H groups in total. The molecule has 0 radical (unpaired) electrons. The van der Waals surface area contributed by atoms with E-state index >= 15 is 0 Å². The number of rotatable bonds is 6. The maximum absolute atomic E-state index is 12.7. The summed E-state index contributed by atoms with van der Waals surface area (Å²) in [6.45, 7) is 5.46. The van der Waals surface area contributed by atoms with Crippen LogP contribution in [0.15, 0.2) is 54.7 Å². The highest BCUT2D eigenvalue weighted by Crippen LogP contribution is 2.23. The van der Waals surface area contributed by atoms with Gasteiger partial charge in [0.2, 0.25) is 11.8 Å². The van der Waals surface area contributed by atoms with E-state index in [1.807, 2.05) is 50.2 Å². The Hall–Kier alpha value is -3.45. The summed E-state index contributed by atoms with van der Waals surface area (Å²) in [5.41, 5.74) is 3.65. The van der Waals surface area contributed by atoms with Gasteiger partial charge in [-0.3, -0.25) is 9.59 Å². The van der Waals surface area contributed by atoms with Crippen molar-refractivity contribution in [1.29, 1.82) is 0 Å². The molecule has 4 rings (SSSR count). The van der Waals surface area contributed by atoms with Crippen molar-refractivity contribution in [2.45, 2.75) is 33.2 Å². The van der Waals surface area contributed by atoms with Gasteiger partial charge in [0.1, 0.15) is 11.0 Å². The lowest BCUT2D eigenvalue weighted by atomic mass is 9.96. The molecule has 8 heteroatoms. The molecule has 0 atom stereocenters. The molecule has 0 aliphatic carbocycles. The molecule has 3 heterocycles. The van der Waals surface area contributed by atoms with Crippen molar-refractivity contribution in [3.63, 3.8) is 0 Å². The lowest BCUT2D eigenvalue weighted by Gasteiger charge is -2.30. The molecule has 1 saturated heterocycles. The van der Waals surface area contributed by atoms with Gasteiger partial charge in [0.15, 0.2) is 0 Å². The summed E-state index contributed by atoms with van der Waals surface area (Å²) in [7, 11) is 0. The first-order valence-corrected chi connectivity index (χ1v) is 11.8. The average molecular weight is 478 g/mol. The first kappa shape index (κ1) is 23.7. The predicted octanol–water partition coefficient (Wildman–Crippen LogP) is 4.49. The molecule has 2 aromatic heterocycles. The van der Waals surface area contributed by atoms with E-state index in [-0.39, 0.29) is 17.7 Å². The molecular formula is C26H28ClN5O2. The number of aromatic nitrogens is 3. The Morgan fingerprint density at radius 2 is 1.85 bits per heavy atom. The number of pyridine rings is 1. The Bertz CT molecular complexity index is 1180. The van der Waals surface area contributed by atoms with Crippen LogP contribution >= 0.6 is 11.6 Å². The Morgan fingerprint density at radius 3 is 2.53 bits per heavy atom. The highest BCUT2D eigenvalue weighted by Gasteiger charge is 2.27. The fourth-order valence-corrected chi connectivity index (χ4v) is 4.31.